The summed E-state index contributed by atoms with van der Waals surface area (Å²) in [7, 11) is 1.60. The normalized spacial score (nSPS) is 17.7. The van der Waals surface area contributed by atoms with E-state index in [-0.39, 0.29) is 17.9 Å². The Bertz CT molecular complexity index is 672. The summed E-state index contributed by atoms with van der Waals surface area (Å²) in [6.07, 6.45) is 0.401. The van der Waals surface area contributed by atoms with Crippen molar-refractivity contribution in [3.8, 4) is 6.07 Å². The third-order valence-corrected chi connectivity index (χ3v) is 5.05. The molecule has 2 rings (SSSR count). The Morgan fingerprint density at radius 1 is 1.52 bits per heavy atom. The SMILES string of the molecule is COCCC(=O)N1CCN(c2nc(C(C)C)c(Br)cc2C#N)CC1C. The molecule has 1 aromatic rings. The summed E-state index contributed by atoms with van der Waals surface area (Å²) in [5, 5.41) is 9.49. The maximum absolute atomic E-state index is 12.3. The van der Waals surface area contributed by atoms with Crippen molar-refractivity contribution in [1.29, 1.82) is 5.26 Å². The maximum atomic E-state index is 12.3. The molecule has 7 heteroatoms. The molecule has 0 saturated carbocycles. The number of amides is 1. The Hall–Kier alpha value is -1.65. The summed E-state index contributed by atoms with van der Waals surface area (Å²) in [6.45, 7) is 8.60. The average Bonchev–Trinajstić information content (AvgIpc) is 2.58. The highest BCUT2D eigenvalue weighted by Gasteiger charge is 2.29. The Morgan fingerprint density at radius 2 is 2.24 bits per heavy atom. The number of aromatic nitrogens is 1. The molecule has 0 aromatic carbocycles. The predicted molar refractivity (Wildman–Crippen MR) is 101 cm³/mol. The summed E-state index contributed by atoms with van der Waals surface area (Å²) >= 11 is 3.51. The molecule has 1 fully saturated rings. The second kappa shape index (κ2) is 8.63. The first-order valence-electron chi connectivity index (χ1n) is 8.52. The van der Waals surface area contributed by atoms with Crippen LogP contribution in [0, 0.1) is 11.3 Å². The van der Waals surface area contributed by atoms with Crippen molar-refractivity contribution in [2.24, 2.45) is 0 Å². The van der Waals surface area contributed by atoms with Crippen molar-refractivity contribution in [2.75, 3.05) is 38.3 Å². The number of carbonyl (C=O) groups excluding carboxylic acids is 1. The summed E-state index contributed by atoms with van der Waals surface area (Å²) in [5.41, 5.74) is 1.50. The molecule has 1 aliphatic heterocycles. The van der Waals surface area contributed by atoms with Gasteiger partial charge in [-0.15, -0.1) is 0 Å². The predicted octanol–water partition coefficient (Wildman–Crippen LogP) is 2.91. The lowest BCUT2D eigenvalue weighted by Gasteiger charge is -2.41. The first kappa shape index (κ1) is 19.7. The van der Waals surface area contributed by atoms with Gasteiger partial charge in [0, 0.05) is 37.3 Å². The molecule has 0 spiro atoms. The van der Waals surface area contributed by atoms with E-state index in [0.717, 1.165) is 10.2 Å². The Labute approximate surface area is 157 Å². The van der Waals surface area contributed by atoms with Gasteiger partial charge < -0.3 is 14.5 Å². The second-order valence-electron chi connectivity index (χ2n) is 6.62. The fourth-order valence-electron chi connectivity index (χ4n) is 3.07. The summed E-state index contributed by atoms with van der Waals surface area (Å²) in [6, 6.07) is 4.16. The van der Waals surface area contributed by atoms with E-state index in [4.69, 9.17) is 9.72 Å². The molecule has 136 valence electrons. The van der Waals surface area contributed by atoms with Crippen molar-refractivity contribution in [3.05, 3.63) is 21.8 Å². The van der Waals surface area contributed by atoms with Gasteiger partial charge in [0.2, 0.25) is 5.91 Å². The lowest BCUT2D eigenvalue weighted by molar-refractivity contribution is -0.134. The van der Waals surface area contributed by atoms with E-state index in [1.807, 2.05) is 17.9 Å². The van der Waals surface area contributed by atoms with Crippen LogP contribution in [0.5, 0.6) is 0 Å². The third kappa shape index (κ3) is 4.50. The number of carbonyl (C=O) groups is 1. The van der Waals surface area contributed by atoms with Gasteiger partial charge in [0.05, 0.1) is 24.3 Å². The monoisotopic (exact) mass is 408 g/mol. The van der Waals surface area contributed by atoms with Gasteiger partial charge in [-0.2, -0.15) is 5.26 Å². The zero-order valence-electron chi connectivity index (χ0n) is 15.3. The first-order chi connectivity index (χ1) is 11.9. The first-order valence-corrected chi connectivity index (χ1v) is 9.32. The molecule has 0 radical (unpaired) electrons. The molecule has 0 aliphatic carbocycles. The fourth-order valence-corrected chi connectivity index (χ4v) is 3.85. The van der Waals surface area contributed by atoms with Gasteiger partial charge in [-0.1, -0.05) is 13.8 Å². The third-order valence-electron chi connectivity index (χ3n) is 4.42. The van der Waals surface area contributed by atoms with Crippen LogP contribution in [0.2, 0.25) is 0 Å². The second-order valence-corrected chi connectivity index (χ2v) is 7.47. The van der Waals surface area contributed by atoms with E-state index < -0.39 is 0 Å². The van der Waals surface area contributed by atoms with Crippen LogP contribution in [0.25, 0.3) is 0 Å². The van der Waals surface area contributed by atoms with Crippen LogP contribution in [0.3, 0.4) is 0 Å². The number of nitrogens with zero attached hydrogens (tertiary/aromatic N) is 4. The van der Waals surface area contributed by atoms with Crippen molar-refractivity contribution >= 4 is 27.7 Å². The van der Waals surface area contributed by atoms with E-state index in [1.54, 1.807) is 7.11 Å². The molecule has 1 aliphatic rings. The molecule has 1 amide bonds. The van der Waals surface area contributed by atoms with Gasteiger partial charge in [0.1, 0.15) is 11.9 Å². The fraction of sp³-hybridized carbons (Fsp3) is 0.611. The van der Waals surface area contributed by atoms with Crippen LogP contribution in [0.4, 0.5) is 5.82 Å². The standard InChI is InChI=1S/C18H25BrN4O2/c1-12(2)17-15(19)9-14(10-20)18(21-17)22-6-7-23(13(3)11-22)16(24)5-8-25-4/h9,12-13H,5-8,11H2,1-4H3. The molecule has 6 nitrogen and oxygen atoms in total. The largest absolute Gasteiger partial charge is 0.384 e. The molecule has 0 N–H and O–H groups in total. The number of rotatable bonds is 5. The molecule has 25 heavy (non-hydrogen) atoms. The number of nitriles is 1. The molecular weight excluding hydrogens is 384 g/mol. The zero-order chi connectivity index (χ0) is 18.6. The number of halogens is 1. The number of pyridine rings is 1. The van der Waals surface area contributed by atoms with E-state index >= 15 is 0 Å². The van der Waals surface area contributed by atoms with Gasteiger partial charge in [-0.25, -0.2) is 4.98 Å². The Balaban J connectivity index is 2.20. The Morgan fingerprint density at radius 3 is 2.80 bits per heavy atom. The molecule has 1 atom stereocenters. The lowest BCUT2D eigenvalue weighted by atomic mass is 10.1. The van der Waals surface area contributed by atoms with Crippen LogP contribution >= 0.6 is 15.9 Å². The van der Waals surface area contributed by atoms with E-state index in [2.05, 4.69) is 40.7 Å². The highest BCUT2D eigenvalue weighted by Crippen LogP contribution is 2.30. The summed E-state index contributed by atoms with van der Waals surface area (Å²) in [4.78, 5) is 21.0. The van der Waals surface area contributed by atoms with Gasteiger partial charge in [0.25, 0.3) is 0 Å². The van der Waals surface area contributed by atoms with E-state index in [0.29, 0.717) is 44.0 Å². The minimum absolute atomic E-state index is 0.0672. The highest BCUT2D eigenvalue weighted by atomic mass is 79.9. The van der Waals surface area contributed by atoms with Crippen molar-refractivity contribution < 1.29 is 9.53 Å². The summed E-state index contributed by atoms with van der Waals surface area (Å²) in [5.74, 6) is 1.08. The van der Waals surface area contributed by atoms with Crippen molar-refractivity contribution in [1.82, 2.24) is 9.88 Å². The van der Waals surface area contributed by atoms with Crippen molar-refractivity contribution in [3.63, 3.8) is 0 Å². The quantitative estimate of drug-likeness (QED) is 0.748. The van der Waals surface area contributed by atoms with Gasteiger partial charge in [-0.05, 0) is 34.8 Å². The van der Waals surface area contributed by atoms with Crippen LogP contribution < -0.4 is 4.90 Å². The summed E-state index contributed by atoms with van der Waals surface area (Å²) < 4.78 is 5.86. The topological polar surface area (TPSA) is 69.5 Å². The molecule has 1 unspecified atom stereocenters. The molecule has 0 bridgehead atoms. The van der Waals surface area contributed by atoms with E-state index in [9.17, 15) is 10.1 Å². The van der Waals surface area contributed by atoms with Gasteiger partial charge >= 0.3 is 0 Å². The van der Waals surface area contributed by atoms with Crippen LogP contribution in [-0.4, -0.2) is 55.2 Å². The number of anilines is 1. The number of ether oxygens (including phenoxy) is 1. The number of hydrogen-bond acceptors (Lipinski definition) is 5. The maximum Gasteiger partial charge on any atom is 0.225 e. The molecule has 1 saturated heterocycles. The average molecular weight is 409 g/mol. The minimum Gasteiger partial charge on any atom is -0.384 e. The van der Waals surface area contributed by atoms with Crippen LogP contribution in [-0.2, 0) is 9.53 Å². The minimum atomic E-state index is 0.0672. The van der Waals surface area contributed by atoms with Gasteiger partial charge in [-0.3, -0.25) is 4.79 Å². The van der Waals surface area contributed by atoms with Crippen LogP contribution in [0.1, 0.15) is 44.4 Å². The molecular formula is C18H25BrN4O2. The highest BCUT2D eigenvalue weighted by molar-refractivity contribution is 9.10. The Kier molecular flexibility index (Phi) is 6.79. The van der Waals surface area contributed by atoms with Crippen LogP contribution in [0.15, 0.2) is 10.5 Å². The lowest BCUT2D eigenvalue weighted by Crippen LogP contribution is -2.54. The molecule has 1 aromatic heterocycles. The number of hydrogen-bond donors (Lipinski definition) is 0. The zero-order valence-corrected chi connectivity index (χ0v) is 16.8. The smallest absolute Gasteiger partial charge is 0.225 e. The number of methoxy groups -OCH3 is 1. The number of piperazine rings is 1. The van der Waals surface area contributed by atoms with Crippen molar-refractivity contribution in [2.45, 2.75) is 39.2 Å². The molecule has 2 heterocycles. The van der Waals surface area contributed by atoms with Gasteiger partial charge in [0.15, 0.2) is 0 Å². The van der Waals surface area contributed by atoms with E-state index in [1.165, 1.54) is 0 Å².